The van der Waals surface area contributed by atoms with Gasteiger partial charge >= 0.3 is 0 Å². The zero-order chi connectivity index (χ0) is 15.6. The zero-order valence-electron chi connectivity index (χ0n) is 12.5. The Morgan fingerprint density at radius 2 is 1.81 bits per heavy atom. The largest absolute Gasteiger partial charge is 0.389 e. The van der Waals surface area contributed by atoms with Crippen molar-refractivity contribution in [3.63, 3.8) is 0 Å². The number of benzene rings is 1. The lowest BCUT2D eigenvalue weighted by Gasteiger charge is -2.11. The third kappa shape index (κ3) is 3.25. The predicted molar refractivity (Wildman–Crippen MR) is 87.2 cm³/mol. The zero-order valence-corrected chi connectivity index (χ0v) is 14.0. The van der Waals surface area contributed by atoms with Crippen LogP contribution in [-0.2, 0) is 19.4 Å². The van der Waals surface area contributed by atoms with Crippen LogP contribution in [0, 0.1) is 0 Å². The first-order valence-corrected chi connectivity index (χ1v) is 7.94. The van der Waals surface area contributed by atoms with Crippen molar-refractivity contribution in [2.75, 3.05) is 0 Å². The lowest BCUT2D eigenvalue weighted by atomic mass is 10.0. The molecule has 5 heteroatoms. The van der Waals surface area contributed by atoms with E-state index in [1.807, 2.05) is 29.8 Å². The van der Waals surface area contributed by atoms with E-state index >= 15 is 0 Å². The number of rotatable bonds is 5. The Morgan fingerprint density at radius 3 is 2.29 bits per heavy atom. The molecule has 3 nitrogen and oxygen atoms in total. The van der Waals surface area contributed by atoms with Crippen molar-refractivity contribution in [2.24, 2.45) is 0 Å². The lowest BCUT2D eigenvalue weighted by Crippen LogP contribution is -2.08. The Bertz CT molecular complexity index is 615. The van der Waals surface area contributed by atoms with Crippen LogP contribution in [0.3, 0.4) is 0 Å². The van der Waals surface area contributed by atoms with Crippen LogP contribution in [0.25, 0.3) is 0 Å². The first kappa shape index (κ1) is 16.3. The van der Waals surface area contributed by atoms with E-state index < -0.39 is 6.10 Å². The number of halogens is 2. The van der Waals surface area contributed by atoms with Crippen LogP contribution >= 0.6 is 23.2 Å². The van der Waals surface area contributed by atoms with Crippen molar-refractivity contribution in [1.29, 1.82) is 0 Å². The van der Waals surface area contributed by atoms with E-state index in [0.717, 1.165) is 35.4 Å². The molecule has 0 saturated heterocycles. The number of aliphatic hydroxyl groups excluding tert-OH is 1. The molecule has 0 bridgehead atoms. The van der Waals surface area contributed by atoms with Crippen LogP contribution in [0.1, 0.15) is 49.4 Å². The number of hydrogen-bond donors (Lipinski definition) is 1. The Balaban J connectivity index is 2.50. The molecule has 114 valence electrons. The van der Waals surface area contributed by atoms with Crippen LogP contribution in [0.15, 0.2) is 18.2 Å². The second-order valence-corrected chi connectivity index (χ2v) is 5.86. The summed E-state index contributed by atoms with van der Waals surface area (Å²) in [4.78, 5) is 0. The minimum Gasteiger partial charge on any atom is -0.389 e. The van der Waals surface area contributed by atoms with Gasteiger partial charge in [-0.25, -0.2) is 0 Å². The fourth-order valence-electron chi connectivity index (χ4n) is 2.65. The van der Waals surface area contributed by atoms with Crippen molar-refractivity contribution < 1.29 is 5.11 Å². The van der Waals surface area contributed by atoms with Gasteiger partial charge in [-0.05, 0) is 31.9 Å². The maximum atomic E-state index is 10.0. The molecule has 0 saturated carbocycles. The molecule has 0 fully saturated rings. The molecule has 0 spiro atoms. The number of hydrogen-bond acceptors (Lipinski definition) is 2. The van der Waals surface area contributed by atoms with Crippen LogP contribution in [0.4, 0.5) is 0 Å². The van der Waals surface area contributed by atoms with Crippen molar-refractivity contribution >= 4 is 23.2 Å². The fourth-order valence-corrected chi connectivity index (χ4v) is 3.16. The van der Waals surface area contributed by atoms with E-state index in [9.17, 15) is 5.11 Å². The number of aromatic nitrogens is 2. The third-order valence-electron chi connectivity index (χ3n) is 3.63. The second-order valence-electron chi connectivity index (χ2n) is 5.05. The van der Waals surface area contributed by atoms with Gasteiger partial charge in [-0.1, -0.05) is 43.1 Å². The highest BCUT2D eigenvalue weighted by Gasteiger charge is 2.20. The number of aliphatic hydroxyl groups is 1. The molecule has 0 aliphatic rings. The van der Waals surface area contributed by atoms with Crippen LogP contribution in [-0.4, -0.2) is 14.9 Å². The molecule has 0 amide bonds. The van der Waals surface area contributed by atoms with Crippen molar-refractivity contribution in [3.05, 3.63) is 50.8 Å². The van der Waals surface area contributed by atoms with Crippen molar-refractivity contribution in [2.45, 2.75) is 46.3 Å². The summed E-state index contributed by atoms with van der Waals surface area (Å²) in [7, 11) is 0. The van der Waals surface area contributed by atoms with E-state index in [1.54, 1.807) is 6.92 Å². The van der Waals surface area contributed by atoms with E-state index in [4.69, 9.17) is 23.2 Å². The highest BCUT2D eigenvalue weighted by Crippen LogP contribution is 2.28. The summed E-state index contributed by atoms with van der Waals surface area (Å²) in [5.74, 6) is 0. The van der Waals surface area contributed by atoms with E-state index in [0.29, 0.717) is 16.6 Å². The third-order valence-corrected chi connectivity index (χ3v) is 4.34. The van der Waals surface area contributed by atoms with E-state index in [2.05, 4.69) is 12.0 Å². The van der Waals surface area contributed by atoms with Crippen molar-refractivity contribution in [1.82, 2.24) is 9.78 Å². The molecular formula is C16H20Cl2N2O. The SMILES string of the molecule is CCc1nn(Cc2c(Cl)cccc2Cl)c(CC)c1C(C)O. The monoisotopic (exact) mass is 326 g/mol. The minimum absolute atomic E-state index is 0.515. The summed E-state index contributed by atoms with van der Waals surface area (Å²) in [5.41, 5.74) is 3.77. The Morgan fingerprint density at radius 1 is 1.19 bits per heavy atom. The summed E-state index contributed by atoms with van der Waals surface area (Å²) in [5, 5.41) is 15.9. The molecule has 1 atom stereocenters. The molecule has 2 aromatic rings. The molecule has 1 aromatic heterocycles. The van der Waals surface area contributed by atoms with E-state index in [-0.39, 0.29) is 0 Å². The molecule has 1 unspecified atom stereocenters. The quantitative estimate of drug-likeness (QED) is 0.883. The van der Waals surface area contributed by atoms with Gasteiger partial charge in [0.2, 0.25) is 0 Å². The van der Waals surface area contributed by atoms with Gasteiger partial charge in [0.15, 0.2) is 0 Å². The van der Waals surface area contributed by atoms with Gasteiger partial charge in [-0.2, -0.15) is 5.10 Å². The van der Waals surface area contributed by atoms with Gasteiger partial charge in [-0.3, -0.25) is 4.68 Å². The smallest absolute Gasteiger partial charge is 0.0798 e. The lowest BCUT2D eigenvalue weighted by molar-refractivity contribution is 0.197. The van der Waals surface area contributed by atoms with Crippen LogP contribution < -0.4 is 0 Å². The molecule has 21 heavy (non-hydrogen) atoms. The average Bonchev–Trinajstić information content (AvgIpc) is 2.80. The topological polar surface area (TPSA) is 38.0 Å². The molecule has 0 aliphatic carbocycles. The van der Waals surface area contributed by atoms with Gasteiger partial charge in [0.25, 0.3) is 0 Å². The molecular weight excluding hydrogens is 307 g/mol. The fraction of sp³-hybridized carbons (Fsp3) is 0.438. The van der Waals surface area contributed by atoms with E-state index in [1.165, 1.54) is 0 Å². The molecule has 2 rings (SSSR count). The van der Waals surface area contributed by atoms with Crippen LogP contribution in [0.5, 0.6) is 0 Å². The molecule has 0 aliphatic heterocycles. The van der Waals surface area contributed by atoms with Crippen molar-refractivity contribution in [3.8, 4) is 0 Å². The highest BCUT2D eigenvalue weighted by atomic mass is 35.5. The van der Waals surface area contributed by atoms with Gasteiger partial charge in [-0.15, -0.1) is 0 Å². The summed E-state index contributed by atoms with van der Waals surface area (Å²) in [6.45, 7) is 6.40. The molecule has 0 radical (unpaired) electrons. The van der Waals surface area contributed by atoms with Gasteiger partial charge in [0.05, 0.1) is 18.3 Å². The average molecular weight is 327 g/mol. The number of aryl methyl sites for hydroxylation is 1. The highest BCUT2D eigenvalue weighted by molar-refractivity contribution is 6.35. The van der Waals surface area contributed by atoms with Gasteiger partial charge in [0, 0.05) is 26.9 Å². The molecule has 1 heterocycles. The first-order chi connectivity index (χ1) is 9.99. The Kier molecular flexibility index (Phi) is 5.31. The summed E-state index contributed by atoms with van der Waals surface area (Å²) in [6.07, 6.45) is 1.07. The Labute approximate surface area is 135 Å². The van der Waals surface area contributed by atoms with Crippen LogP contribution in [0.2, 0.25) is 10.0 Å². The van der Waals surface area contributed by atoms with Gasteiger partial charge in [0.1, 0.15) is 0 Å². The second kappa shape index (κ2) is 6.82. The maximum Gasteiger partial charge on any atom is 0.0798 e. The maximum absolute atomic E-state index is 10.0. The molecule has 1 aromatic carbocycles. The molecule has 1 N–H and O–H groups in total. The number of nitrogens with zero attached hydrogens (tertiary/aromatic N) is 2. The summed E-state index contributed by atoms with van der Waals surface area (Å²) in [6, 6.07) is 5.49. The van der Waals surface area contributed by atoms with Gasteiger partial charge < -0.3 is 5.11 Å². The minimum atomic E-state index is -0.523. The normalized spacial score (nSPS) is 12.7. The standard InChI is InChI=1S/C16H20Cl2N2O/c1-4-14-16(10(3)21)15(5-2)20(19-14)9-11-12(17)7-6-8-13(11)18/h6-8,10,21H,4-5,9H2,1-3H3. The summed E-state index contributed by atoms with van der Waals surface area (Å²) >= 11 is 12.5. The Hall–Kier alpha value is -1.03. The summed E-state index contributed by atoms with van der Waals surface area (Å²) < 4.78 is 1.91. The predicted octanol–water partition coefficient (Wildman–Crippen LogP) is 4.42. The first-order valence-electron chi connectivity index (χ1n) is 7.18.